The number of imidazole rings is 1. The van der Waals surface area contributed by atoms with Crippen LogP contribution in [-0.4, -0.2) is 21.4 Å². The van der Waals surface area contributed by atoms with Crippen molar-refractivity contribution in [2.24, 2.45) is 0 Å². The first kappa shape index (κ1) is 13.4. The minimum Gasteiger partial charge on any atom is -0.303 e. The average molecular weight is 307 g/mol. The fraction of sp³-hybridized carbons (Fsp3) is 0. The molecule has 0 unspecified atom stereocenters. The van der Waals surface area contributed by atoms with E-state index in [9.17, 15) is 14.0 Å². The molecular formula is C17H10FN3O2. The first-order valence-corrected chi connectivity index (χ1v) is 6.92. The van der Waals surface area contributed by atoms with Crippen LogP contribution in [0.3, 0.4) is 0 Å². The lowest BCUT2D eigenvalue weighted by Crippen LogP contribution is -2.29. The molecule has 6 heteroatoms. The molecule has 3 aromatic rings. The van der Waals surface area contributed by atoms with E-state index in [1.807, 2.05) is 0 Å². The summed E-state index contributed by atoms with van der Waals surface area (Å²) in [6.45, 7) is 0. The van der Waals surface area contributed by atoms with E-state index < -0.39 is 17.6 Å². The molecule has 5 nitrogen and oxygen atoms in total. The van der Waals surface area contributed by atoms with Gasteiger partial charge in [0.25, 0.3) is 11.8 Å². The monoisotopic (exact) mass is 307 g/mol. The van der Waals surface area contributed by atoms with Crippen molar-refractivity contribution in [2.75, 3.05) is 4.90 Å². The molecule has 0 atom stereocenters. The lowest BCUT2D eigenvalue weighted by atomic mass is 10.1. The van der Waals surface area contributed by atoms with Gasteiger partial charge in [-0.2, -0.15) is 0 Å². The van der Waals surface area contributed by atoms with Gasteiger partial charge in [-0.3, -0.25) is 9.59 Å². The Morgan fingerprint density at radius 2 is 1.65 bits per heavy atom. The van der Waals surface area contributed by atoms with Gasteiger partial charge in [0.2, 0.25) is 0 Å². The summed E-state index contributed by atoms with van der Waals surface area (Å²) >= 11 is 0. The van der Waals surface area contributed by atoms with Crippen molar-refractivity contribution >= 4 is 17.5 Å². The zero-order valence-corrected chi connectivity index (χ0v) is 11.8. The summed E-state index contributed by atoms with van der Waals surface area (Å²) in [5, 5.41) is 0. The van der Waals surface area contributed by atoms with Crippen LogP contribution in [0.5, 0.6) is 0 Å². The molecule has 1 aliphatic rings. The third kappa shape index (κ3) is 1.96. The molecule has 0 saturated heterocycles. The van der Waals surface area contributed by atoms with Gasteiger partial charge in [0, 0.05) is 18.5 Å². The summed E-state index contributed by atoms with van der Waals surface area (Å²) in [5.74, 6) is -1.43. The Labute approximate surface area is 130 Å². The van der Waals surface area contributed by atoms with E-state index in [2.05, 4.69) is 4.98 Å². The molecule has 2 amide bonds. The third-order valence-electron chi connectivity index (χ3n) is 3.77. The molecule has 0 radical (unpaired) electrons. The summed E-state index contributed by atoms with van der Waals surface area (Å²) < 4.78 is 15.9. The largest absolute Gasteiger partial charge is 0.303 e. The van der Waals surface area contributed by atoms with Gasteiger partial charge in [0.05, 0.1) is 28.8 Å². The maximum atomic E-state index is 14.4. The minimum absolute atomic E-state index is 0.206. The van der Waals surface area contributed by atoms with Gasteiger partial charge in [0.1, 0.15) is 5.82 Å². The third-order valence-corrected chi connectivity index (χ3v) is 3.77. The van der Waals surface area contributed by atoms with Gasteiger partial charge in [-0.25, -0.2) is 14.3 Å². The fourth-order valence-electron chi connectivity index (χ4n) is 2.67. The maximum Gasteiger partial charge on any atom is 0.266 e. The second-order valence-electron chi connectivity index (χ2n) is 5.10. The van der Waals surface area contributed by atoms with Crippen LogP contribution in [0.15, 0.2) is 61.2 Å². The number of carbonyl (C=O) groups is 2. The van der Waals surface area contributed by atoms with Crippen LogP contribution >= 0.6 is 0 Å². The number of aromatic nitrogens is 2. The number of hydrogen-bond acceptors (Lipinski definition) is 3. The summed E-state index contributed by atoms with van der Waals surface area (Å²) in [5.41, 5.74) is 1.16. The Hall–Kier alpha value is -3.28. The van der Waals surface area contributed by atoms with Gasteiger partial charge in [-0.15, -0.1) is 0 Å². The lowest BCUT2D eigenvalue weighted by molar-refractivity contribution is 0.0926. The van der Waals surface area contributed by atoms with Crippen molar-refractivity contribution in [1.29, 1.82) is 0 Å². The molecule has 0 fully saturated rings. The first-order chi connectivity index (χ1) is 11.2. The number of hydrogen-bond donors (Lipinski definition) is 0. The average Bonchev–Trinajstić information content (AvgIpc) is 3.16. The van der Waals surface area contributed by atoms with Gasteiger partial charge < -0.3 is 4.57 Å². The molecule has 2 aromatic carbocycles. The summed E-state index contributed by atoms with van der Waals surface area (Å²) in [7, 11) is 0. The predicted octanol–water partition coefficient (Wildman–Crippen LogP) is 2.81. The van der Waals surface area contributed by atoms with E-state index in [-0.39, 0.29) is 5.69 Å². The zero-order valence-electron chi connectivity index (χ0n) is 11.8. The number of rotatable bonds is 2. The normalized spacial score (nSPS) is 13.5. The SMILES string of the molecule is O=C1c2ccccc2C(=O)N1c1ccc(-n2ccnc2)c(F)c1. The number of halogens is 1. The van der Waals surface area contributed by atoms with Crippen molar-refractivity contribution in [3.05, 3.63) is 78.1 Å². The number of nitrogens with zero attached hydrogens (tertiary/aromatic N) is 3. The van der Waals surface area contributed by atoms with Crippen LogP contribution in [0.2, 0.25) is 0 Å². The Morgan fingerprint density at radius 3 is 2.22 bits per heavy atom. The predicted molar refractivity (Wildman–Crippen MR) is 81.1 cm³/mol. The van der Waals surface area contributed by atoms with Crippen LogP contribution in [0, 0.1) is 5.82 Å². The maximum absolute atomic E-state index is 14.4. The van der Waals surface area contributed by atoms with Crippen molar-refractivity contribution in [1.82, 2.24) is 9.55 Å². The Morgan fingerprint density at radius 1 is 0.957 bits per heavy atom. The molecule has 1 aliphatic heterocycles. The fourth-order valence-corrected chi connectivity index (χ4v) is 2.67. The highest BCUT2D eigenvalue weighted by molar-refractivity contribution is 6.34. The number of carbonyl (C=O) groups excluding carboxylic acids is 2. The Balaban J connectivity index is 1.77. The number of benzene rings is 2. The van der Waals surface area contributed by atoms with Gasteiger partial charge in [-0.1, -0.05) is 12.1 Å². The second kappa shape index (κ2) is 4.88. The first-order valence-electron chi connectivity index (χ1n) is 6.92. The van der Waals surface area contributed by atoms with Crippen LogP contribution in [0.4, 0.5) is 10.1 Å². The molecule has 2 heterocycles. The molecule has 112 valence electrons. The molecule has 0 spiro atoms. The minimum atomic E-state index is -0.544. The molecule has 23 heavy (non-hydrogen) atoms. The zero-order chi connectivity index (χ0) is 16.0. The van der Waals surface area contributed by atoms with Gasteiger partial charge in [-0.05, 0) is 24.3 Å². The highest BCUT2D eigenvalue weighted by Gasteiger charge is 2.36. The summed E-state index contributed by atoms with van der Waals surface area (Å²) in [6, 6.07) is 10.8. The van der Waals surface area contributed by atoms with E-state index in [0.717, 1.165) is 4.90 Å². The number of imide groups is 1. The second-order valence-corrected chi connectivity index (χ2v) is 5.10. The van der Waals surface area contributed by atoms with Gasteiger partial charge >= 0.3 is 0 Å². The van der Waals surface area contributed by atoms with Crippen LogP contribution in [0.1, 0.15) is 20.7 Å². The summed E-state index contributed by atoms with van der Waals surface area (Å²) in [4.78, 5) is 29.7. The van der Waals surface area contributed by atoms with E-state index in [1.165, 1.54) is 29.2 Å². The van der Waals surface area contributed by atoms with E-state index in [0.29, 0.717) is 16.8 Å². The highest BCUT2D eigenvalue weighted by atomic mass is 19.1. The Bertz CT molecular complexity index is 900. The van der Waals surface area contributed by atoms with E-state index >= 15 is 0 Å². The quantitative estimate of drug-likeness (QED) is 0.684. The smallest absolute Gasteiger partial charge is 0.266 e. The molecular weight excluding hydrogens is 297 g/mol. The number of fused-ring (bicyclic) bond motifs is 1. The summed E-state index contributed by atoms with van der Waals surface area (Å²) in [6.07, 6.45) is 4.62. The van der Waals surface area contributed by atoms with Crippen molar-refractivity contribution in [3.63, 3.8) is 0 Å². The topological polar surface area (TPSA) is 55.2 Å². The van der Waals surface area contributed by atoms with E-state index in [1.54, 1.807) is 36.5 Å². The van der Waals surface area contributed by atoms with Crippen LogP contribution in [0.25, 0.3) is 5.69 Å². The van der Waals surface area contributed by atoms with Crippen LogP contribution in [-0.2, 0) is 0 Å². The molecule has 4 rings (SSSR count). The standard InChI is InChI=1S/C17H10FN3O2/c18-14-9-11(5-6-15(14)20-8-7-19-10-20)21-16(22)12-3-1-2-4-13(12)17(21)23/h1-10H. The van der Waals surface area contributed by atoms with Crippen molar-refractivity contribution in [3.8, 4) is 5.69 Å². The highest BCUT2D eigenvalue weighted by Crippen LogP contribution is 2.29. The molecule has 0 aliphatic carbocycles. The van der Waals surface area contributed by atoms with Crippen molar-refractivity contribution < 1.29 is 14.0 Å². The van der Waals surface area contributed by atoms with Crippen molar-refractivity contribution in [2.45, 2.75) is 0 Å². The van der Waals surface area contributed by atoms with Crippen LogP contribution < -0.4 is 4.90 Å². The number of anilines is 1. The molecule has 1 aromatic heterocycles. The molecule has 0 bridgehead atoms. The Kier molecular flexibility index (Phi) is 2.84. The number of amides is 2. The van der Waals surface area contributed by atoms with Gasteiger partial charge in [0.15, 0.2) is 0 Å². The van der Waals surface area contributed by atoms with E-state index in [4.69, 9.17) is 0 Å². The molecule has 0 N–H and O–H groups in total. The lowest BCUT2D eigenvalue weighted by Gasteiger charge is -2.15. The molecule has 0 saturated carbocycles.